The van der Waals surface area contributed by atoms with Crippen LogP contribution in [0.2, 0.25) is 0 Å². The third-order valence-corrected chi connectivity index (χ3v) is 2.83. The Bertz CT molecular complexity index is 489. The van der Waals surface area contributed by atoms with Crippen LogP contribution in [0.4, 0.5) is 11.5 Å². The van der Waals surface area contributed by atoms with E-state index in [1.807, 2.05) is 4.90 Å². The summed E-state index contributed by atoms with van der Waals surface area (Å²) in [6, 6.07) is 4.72. The number of pyridine rings is 1. The lowest BCUT2D eigenvalue weighted by molar-refractivity contribution is -0.385. The van der Waals surface area contributed by atoms with E-state index < -0.39 is 4.92 Å². The zero-order valence-electron chi connectivity index (χ0n) is 9.80. The van der Waals surface area contributed by atoms with Crippen LogP contribution in [0.3, 0.4) is 0 Å². The van der Waals surface area contributed by atoms with Crippen molar-refractivity contribution in [3.05, 3.63) is 27.9 Å². The highest BCUT2D eigenvalue weighted by molar-refractivity contribution is 5.51. The van der Waals surface area contributed by atoms with Crippen molar-refractivity contribution in [2.24, 2.45) is 0 Å². The number of rotatable bonds is 2. The number of aromatic nitrogens is 1. The lowest BCUT2D eigenvalue weighted by atomic mass is 10.3. The second-order valence-electron chi connectivity index (χ2n) is 4.00. The Morgan fingerprint density at radius 3 is 3.00 bits per heavy atom. The Morgan fingerprint density at radius 1 is 1.44 bits per heavy atom. The fraction of sp³-hybridized carbons (Fsp3) is 0.455. The second kappa shape index (κ2) is 5.42. The predicted molar refractivity (Wildman–Crippen MR) is 65.3 cm³/mol. The van der Waals surface area contributed by atoms with Gasteiger partial charge in [-0.05, 0) is 19.0 Å². The van der Waals surface area contributed by atoms with E-state index in [4.69, 9.17) is 5.26 Å². The molecule has 0 aliphatic carbocycles. The Labute approximate surface area is 104 Å². The van der Waals surface area contributed by atoms with E-state index in [0.717, 1.165) is 32.6 Å². The average Bonchev–Trinajstić information content (AvgIpc) is 2.66. The first kappa shape index (κ1) is 12.3. The van der Waals surface area contributed by atoms with Crippen LogP contribution in [0.25, 0.3) is 0 Å². The van der Waals surface area contributed by atoms with Gasteiger partial charge in [0.25, 0.3) is 0 Å². The molecule has 1 aromatic rings. The molecule has 2 heterocycles. The highest BCUT2D eigenvalue weighted by Crippen LogP contribution is 2.20. The molecule has 0 saturated carbocycles. The molecule has 1 fully saturated rings. The van der Waals surface area contributed by atoms with Gasteiger partial charge >= 0.3 is 5.69 Å². The van der Waals surface area contributed by atoms with Crippen LogP contribution in [-0.2, 0) is 0 Å². The van der Waals surface area contributed by atoms with Crippen molar-refractivity contribution in [2.45, 2.75) is 6.42 Å². The van der Waals surface area contributed by atoms with Crippen LogP contribution >= 0.6 is 0 Å². The standard InChI is InChI=1S/C11H13N5O2/c12-8-9-10(16(17)18)2-3-11(14-9)15-6-1-4-13-5-7-15/h2-3,13H,1,4-7H2. The molecule has 1 N–H and O–H groups in total. The van der Waals surface area contributed by atoms with Gasteiger partial charge in [-0.1, -0.05) is 0 Å². The lowest BCUT2D eigenvalue weighted by Gasteiger charge is -2.20. The Balaban J connectivity index is 2.29. The minimum atomic E-state index is -0.584. The molecule has 1 aromatic heterocycles. The van der Waals surface area contributed by atoms with Gasteiger partial charge in [-0.2, -0.15) is 5.26 Å². The molecule has 0 bridgehead atoms. The topological polar surface area (TPSA) is 95.1 Å². The quantitative estimate of drug-likeness (QED) is 0.609. The summed E-state index contributed by atoms with van der Waals surface area (Å²) < 4.78 is 0. The van der Waals surface area contributed by atoms with E-state index in [0.29, 0.717) is 5.82 Å². The molecule has 0 spiro atoms. The Hall–Kier alpha value is -2.20. The van der Waals surface area contributed by atoms with Gasteiger partial charge in [0.2, 0.25) is 5.69 Å². The zero-order chi connectivity index (χ0) is 13.0. The Kier molecular flexibility index (Phi) is 3.69. The number of nitrogens with one attached hydrogen (secondary N) is 1. The van der Waals surface area contributed by atoms with Crippen LogP contribution in [-0.4, -0.2) is 36.1 Å². The summed E-state index contributed by atoms with van der Waals surface area (Å²) >= 11 is 0. The van der Waals surface area contributed by atoms with Crippen molar-refractivity contribution >= 4 is 11.5 Å². The molecule has 7 heteroatoms. The first-order valence-electron chi connectivity index (χ1n) is 5.73. The van der Waals surface area contributed by atoms with Crippen molar-refractivity contribution in [3.63, 3.8) is 0 Å². The van der Waals surface area contributed by atoms with Crippen molar-refractivity contribution in [1.82, 2.24) is 10.3 Å². The van der Waals surface area contributed by atoms with Gasteiger partial charge in [-0.25, -0.2) is 4.98 Å². The highest BCUT2D eigenvalue weighted by Gasteiger charge is 2.18. The van der Waals surface area contributed by atoms with Crippen molar-refractivity contribution in [2.75, 3.05) is 31.1 Å². The number of nitriles is 1. The van der Waals surface area contributed by atoms with E-state index in [1.54, 1.807) is 12.1 Å². The molecular formula is C11H13N5O2. The van der Waals surface area contributed by atoms with Crippen molar-refractivity contribution in [1.29, 1.82) is 5.26 Å². The van der Waals surface area contributed by atoms with Gasteiger partial charge in [-0.15, -0.1) is 0 Å². The first-order valence-corrected chi connectivity index (χ1v) is 5.73. The molecular weight excluding hydrogens is 234 g/mol. The summed E-state index contributed by atoms with van der Waals surface area (Å²) in [4.78, 5) is 16.2. The third-order valence-electron chi connectivity index (χ3n) is 2.83. The van der Waals surface area contributed by atoms with Crippen LogP contribution < -0.4 is 10.2 Å². The summed E-state index contributed by atoms with van der Waals surface area (Å²) in [7, 11) is 0. The van der Waals surface area contributed by atoms with E-state index >= 15 is 0 Å². The van der Waals surface area contributed by atoms with Gasteiger partial charge in [0, 0.05) is 25.7 Å². The molecule has 0 atom stereocenters. The van der Waals surface area contributed by atoms with Gasteiger partial charge in [0.05, 0.1) is 4.92 Å². The summed E-state index contributed by atoms with van der Waals surface area (Å²) in [5.41, 5.74) is -0.371. The van der Waals surface area contributed by atoms with Crippen LogP contribution in [0.15, 0.2) is 12.1 Å². The lowest BCUT2D eigenvalue weighted by Crippen LogP contribution is -2.28. The molecule has 0 aromatic carbocycles. The maximum absolute atomic E-state index is 10.7. The molecule has 18 heavy (non-hydrogen) atoms. The zero-order valence-corrected chi connectivity index (χ0v) is 9.80. The summed E-state index contributed by atoms with van der Waals surface area (Å²) in [6.45, 7) is 3.42. The Morgan fingerprint density at radius 2 is 2.28 bits per heavy atom. The van der Waals surface area contributed by atoms with E-state index in [-0.39, 0.29) is 11.4 Å². The number of hydrogen-bond acceptors (Lipinski definition) is 6. The van der Waals surface area contributed by atoms with Crippen molar-refractivity contribution in [3.8, 4) is 6.07 Å². The average molecular weight is 247 g/mol. The summed E-state index contributed by atoms with van der Waals surface area (Å²) in [6.07, 6.45) is 0.987. The first-order chi connectivity index (χ1) is 8.72. The minimum Gasteiger partial charge on any atom is -0.355 e. The largest absolute Gasteiger partial charge is 0.355 e. The fourth-order valence-electron chi connectivity index (χ4n) is 1.92. The molecule has 7 nitrogen and oxygen atoms in total. The molecule has 1 aliphatic heterocycles. The molecule has 0 unspecified atom stereocenters. The molecule has 0 amide bonds. The number of anilines is 1. The maximum atomic E-state index is 10.7. The number of hydrogen-bond donors (Lipinski definition) is 1. The van der Waals surface area contributed by atoms with Crippen molar-refractivity contribution < 1.29 is 4.92 Å². The fourth-order valence-corrected chi connectivity index (χ4v) is 1.92. The maximum Gasteiger partial charge on any atom is 0.305 e. The number of nitrogens with zero attached hydrogens (tertiary/aromatic N) is 4. The smallest absolute Gasteiger partial charge is 0.305 e. The van der Waals surface area contributed by atoms with E-state index in [9.17, 15) is 10.1 Å². The summed E-state index contributed by atoms with van der Waals surface area (Å²) in [5.74, 6) is 0.626. The monoisotopic (exact) mass is 247 g/mol. The minimum absolute atomic E-state index is 0.130. The predicted octanol–water partition coefficient (Wildman–Crippen LogP) is 0.661. The van der Waals surface area contributed by atoms with Gasteiger partial charge in [0.15, 0.2) is 0 Å². The highest BCUT2D eigenvalue weighted by atomic mass is 16.6. The van der Waals surface area contributed by atoms with Crippen LogP contribution in [0, 0.1) is 21.4 Å². The summed E-state index contributed by atoms with van der Waals surface area (Å²) in [5, 5.41) is 22.9. The second-order valence-corrected chi connectivity index (χ2v) is 4.00. The molecule has 1 saturated heterocycles. The molecule has 0 radical (unpaired) electrons. The molecule has 94 valence electrons. The van der Waals surface area contributed by atoms with Gasteiger partial charge in [0.1, 0.15) is 11.9 Å². The van der Waals surface area contributed by atoms with E-state index in [2.05, 4.69) is 10.3 Å². The van der Waals surface area contributed by atoms with E-state index in [1.165, 1.54) is 6.07 Å². The van der Waals surface area contributed by atoms with Gasteiger partial charge < -0.3 is 10.2 Å². The SMILES string of the molecule is N#Cc1nc(N2CCCNCC2)ccc1[N+](=O)[O-]. The third kappa shape index (κ3) is 2.55. The van der Waals surface area contributed by atoms with Crippen LogP contribution in [0.5, 0.6) is 0 Å². The van der Waals surface area contributed by atoms with Crippen LogP contribution in [0.1, 0.15) is 12.1 Å². The van der Waals surface area contributed by atoms with Gasteiger partial charge in [-0.3, -0.25) is 10.1 Å². The molecule has 2 rings (SSSR count). The normalized spacial score (nSPS) is 15.8. The number of nitro groups is 1. The molecule has 1 aliphatic rings.